The maximum Gasteiger partial charge on any atom is 0.410 e. The number of sulfonamides is 1. The minimum atomic E-state index is -3.22. The standard InChI is InChI=1S/C12H24N2O4S/c1-6-10-9-13(11(15)18-12(2,3)4)7-8-14(10)19(5,16)17/h10H,6-9H2,1-5H3/t10-/m1/s1. The van der Waals surface area contributed by atoms with Gasteiger partial charge in [0.2, 0.25) is 10.0 Å². The van der Waals surface area contributed by atoms with Crippen LogP contribution in [0.4, 0.5) is 4.79 Å². The molecule has 1 amide bonds. The predicted molar refractivity (Wildman–Crippen MR) is 73.4 cm³/mol. The molecule has 1 aliphatic heterocycles. The Kier molecular flexibility index (Phi) is 4.84. The van der Waals surface area contributed by atoms with Crippen LogP contribution in [0.3, 0.4) is 0 Å². The second-order valence-corrected chi connectivity index (χ2v) is 7.80. The molecule has 1 saturated heterocycles. The van der Waals surface area contributed by atoms with Crippen molar-refractivity contribution in [2.75, 3.05) is 25.9 Å². The minimum absolute atomic E-state index is 0.170. The summed E-state index contributed by atoms with van der Waals surface area (Å²) >= 11 is 0. The lowest BCUT2D eigenvalue weighted by atomic mass is 10.1. The van der Waals surface area contributed by atoms with Gasteiger partial charge in [0.1, 0.15) is 5.60 Å². The van der Waals surface area contributed by atoms with Gasteiger partial charge in [-0.1, -0.05) is 6.92 Å². The molecule has 1 rings (SSSR count). The third kappa shape index (κ3) is 4.65. The number of nitrogens with zero attached hydrogens (tertiary/aromatic N) is 2. The lowest BCUT2D eigenvalue weighted by Crippen LogP contribution is -2.56. The van der Waals surface area contributed by atoms with E-state index in [4.69, 9.17) is 4.74 Å². The molecule has 0 spiro atoms. The van der Waals surface area contributed by atoms with Crippen LogP contribution < -0.4 is 0 Å². The normalized spacial score (nSPS) is 22.4. The number of rotatable bonds is 2. The van der Waals surface area contributed by atoms with Crippen LogP contribution in [0.1, 0.15) is 34.1 Å². The molecule has 112 valence electrons. The molecule has 7 heteroatoms. The van der Waals surface area contributed by atoms with Gasteiger partial charge in [0, 0.05) is 25.7 Å². The highest BCUT2D eigenvalue weighted by molar-refractivity contribution is 7.88. The molecular weight excluding hydrogens is 268 g/mol. The smallest absolute Gasteiger partial charge is 0.410 e. The van der Waals surface area contributed by atoms with Crippen molar-refractivity contribution in [2.24, 2.45) is 0 Å². The number of amides is 1. The van der Waals surface area contributed by atoms with Crippen LogP contribution in [0, 0.1) is 0 Å². The zero-order valence-electron chi connectivity index (χ0n) is 12.3. The molecule has 0 radical (unpaired) electrons. The van der Waals surface area contributed by atoms with E-state index in [1.807, 2.05) is 27.7 Å². The first kappa shape index (κ1) is 16.2. The summed E-state index contributed by atoms with van der Waals surface area (Å²) in [5.74, 6) is 0. The van der Waals surface area contributed by atoms with E-state index in [-0.39, 0.29) is 12.1 Å². The quantitative estimate of drug-likeness (QED) is 0.769. The van der Waals surface area contributed by atoms with Crippen molar-refractivity contribution >= 4 is 16.1 Å². The molecule has 0 unspecified atom stereocenters. The summed E-state index contributed by atoms with van der Waals surface area (Å²) < 4.78 is 30.1. The summed E-state index contributed by atoms with van der Waals surface area (Å²) in [6.45, 7) is 8.45. The van der Waals surface area contributed by atoms with E-state index in [1.165, 1.54) is 10.6 Å². The number of piperazine rings is 1. The van der Waals surface area contributed by atoms with Crippen LogP contribution in [-0.2, 0) is 14.8 Å². The van der Waals surface area contributed by atoms with E-state index in [0.717, 1.165) is 0 Å². The Morgan fingerprint density at radius 1 is 1.32 bits per heavy atom. The topological polar surface area (TPSA) is 66.9 Å². The molecule has 1 atom stereocenters. The second-order valence-electron chi connectivity index (χ2n) is 5.86. The largest absolute Gasteiger partial charge is 0.444 e. The molecule has 0 bridgehead atoms. The Labute approximate surface area is 115 Å². The maximum atomic E-state index is 12.0. The summed E-state index contributed by atoms with van der Waals surface area (Å²) in [7, 11) is -3.22. The van der Waals surface area contributed by atoms with Crippen molar-refractivity contribution in [1.29, 1.82) is 0 Å². The third-order valence-electron chi connectivity index (χ3n) is 2.98. The van der Waals surface area contributed by atoms with Gasteiger partial charge in [-0.25, -0.2) is 13.2 Å². The number of hydrogen-bond donors (Lipinski definition) is 0. The summed E-state index contributed by atoms with van der Waals surface area (Å²) in [5.41, 5.74) is -0.535. The molecule has 0 aromatic rings. The van der Waals surface area contributed by atoms with Gasteiger partial charge in [-0.2, -0.15) is 4.31 Å². The van der Waals surface area contributed by atoms with Crippen LogP contribution in [0.25, 0.3) is 0 Å². The number of hydrogen-bond acceptors (Lipinski definition) is 4. The molecule has 0 N–H and O–H groups in total. The molecular formula is C12H24N2O4S. The Balaban J connectivity index is 2.72. The summed E-state index contributed by atoms with van der Waals surface area (Å²) in [4.78, 5) is 13.6. The molecule has 1 aliphatic rings. The third-order valence-corrected chi connectivity index (χ3v) is 4.31. The Bertz CT molecular complexity index is 428. The van der Waals surface area contributed by atoms with Crippen molar-refractivity contribution < 1.29 is 17.9 Å². The number of ether oxygens (including phenoxy) is 1. The summed E-state index contributed by atoms with van der Waals surface area (Å²) in [5, 5.41) is 0. The van der Waals surface area contributed by atoms with Gasteiger partial charge < -0.3 is 9.64 Å². The average molecular weight is 292 g/mol. The zero-order chi connectivity index (χ0) is 14.8. The Morgan fingerprint density at radius 3 is 2.32 bits per heavy atom. The molecule has 1 heterocycles. The number of carbonyl (C=O) groups is 1. The first-order chi connectivity index (χ1) is 8.54. The van der Waals surface area contributed by atoms with Gasteiger partial charge in [0.25, 0.3) is 0 Å². The highest BCUT2D eigenvalue weighted by atomic mass is 32.2. The van der Waals surface area contributed by atoms with Crippen molar-refractivity contribution in [3.8, 4) is 0 Å². The molecule has 19 heavy (non-hydrogen) atoms. The monoisotopic (exact) mass is 292 g/mol. The number of carbonyl (C=O) groups excluding carboxylic acids is 1. The highest BCUT2D eigenvalue weighted by Crippen LogP contribution is 2.18. The van der Waals surface area contributed by atoms with Crippen molar-refractivity contribution in [2.45, 2.75) is 45.8 Å². The van der Waals surface area contributed by atoms with Gasteiger partial charge in [0.05, 0.1) is 6.26 Å². The molecule has 6 nitrogen and oxygen atoms in total. The Morgan fingerprint density at radius 2 is 1.89 bits per heavy atom. The predicted octanol–water partition coefficient (Wildman–Crippen LogP) is 1.28. The molecule has 0 aromatic heterocycles. The summed E-state index contributed by atoms with van der Waals surface area (Å²) in [6, 6.07) is -0.170. The fourth-order valence-electron chi connectivity index (χ4n) is 2.10. The van der Waals surface area contributed by atoms with E-state index in [2.05, 4.69) is 0 Å². The van der Waals surface area contributed by atoms with Gasteiger partial charge >= 0.3 is 6.09 Å². The Hall–Kier alpha value is -0.820. The highest BCUT2D eigenvalue weighted by Gasteiger charge is 2.34. The van der Waals surface area contributed by atoms with E-state index >= 15 is 0 Å². The van der Waals surface area contributed by atoms with E-state index in [1.54, 1.807) is 4.90 Å². The fourth-order valence-corrected chi connectivity index (χ4v) is 3.27. The van der Waals surface area contributed by atoms with Crippen molar-refractivity contribution in [3.05, 3.63) is 0 Å². The maximum absolute atomic E-state index is 12.0. The van der Waals surface area contributed by atoms with Gasteiger partial charge in [-0.15, -0.1) is 0 Å². The molecule has 0 aliphatic carbocycles. The van der Waals surface area contributed by atoms with Gasteiger partial charge in [0.15, 0.2) is 0 Å². The fraction of sp³-hybridized carbons (Fsp3) is 0.917. The van der Waals surface area contributed by atoms with Crippen LogP contribution in [-0.4, -0.2) is 61.2 Å². The van der Waals surface area contributed by atoms with E-state index in [9.17, 15) is 13.2 Å². The zero-order valence-corrected chi connectivity index (χ0v) is 13.2. The lowest BCUT2D eigenvalue weighted by molar-refractivity contribution is 0.0130. The molecule has 0 saturated carbocycles. The average Bonchev–Trinajstić information content (AvgIpc) is 2.24. The molecule has 0 aromatic carbocycles. The van der Waals surface area contributed by atoms with E-state index < -0.39 is 15.6 Å². The van der Waals surface area contributed by atoms with Crippen LogP contribution >= 0.6 is 0 Å². The van der Waals surface area contributed by atoms with Crippen molar-refractivity contribution in [1.82, 2.24) is 9.21 Å². The van der Waals surface area contributed by atoms with Crippen LogP contribution in [0.2, 0.25) is 0 Å². The van der Waals surface area contributed by atoms with Crippen LogP contribution in [0.5, 0.6) is 0 Å². The van der Waals surface area contributed by atoms with E-state index in [0.29, 0.717) is 26.1 Å². The summed E-state index contributed by atoms with van der Waals surface area (Å²) in [6.07, 6.45) is 1.50. The first-order valence-electron chi connectivity index (χ1n) is 6.49. The minimum Gasteiger partial charge on any atom is -0.444 e. The van der Waals surface area contributed by atoms with Crippen molar-refractivity contribution in [3.63, 3.8) is 0 Å². The van der Waals surface area contributed by atoms with Crippen LogP contribution in [0.15, 0.2) is 0 Å². The lowest BCUT2D eigenvalue weighted by Gasteiger charge is -2.39. The van der Waals surface area contributed by atoms with Gasteiger partial charge in [-0.05, 0) is 27.2 Å². The SMILES string of the molecule is CC[C@@H]1CN(C(=O)OC(C)(C)C)CCN1S(C)(=O)=O. The van der Waals surface area contributed by atoms with Gasteiger partial charge in [-0.3, -0.25) is 0 Å². The molecule has 1 fully saturated rings. The first-order valence-corrected chi connectivity index (χ1v) is 8.34. The second kappa shape index (κ2) is 5.66.